The molecule has 19 heavy (non-hydrogen) atoms. The third kappa shape index (κ3) is 3.28. The van der Waals surface area contributed by atoms with E-state index in [4.69, 9.17) is 11.6 Å². The fourth-order valence-electron chi connectivity index (χ4n) is 2.89. The van der Waals surface area contributed by atoms with Crippen molar-refractivity contribution in [2.24, 2.45) is 11.8 Å². The van der Waals surface area contributed by atoms with Crippen molar-refractivity contribution in [1.29, 1.82) is 0 Å². The van der Waals surface area contributed by atoms with Gasteiger partial charge in [-0.3, -0.25) is 4.79 Å². The Morgan fingerprint density at radius 3 is 2.68 bits per heavy atom. The first-order valence-electron chi connectivity index (χ1n) is 6.68. The molecule has 2 rings (SSSR count). The van der Waals surface area contributed by atoms with Crippen LogP contribution in [-0.2, 0) is 4.79 Å². The number of likely N-dealkylation sites (tertiary alicyclic amines) is 1. The molecule has 1 aromatic carbocycles. The number of halogens is 1. The van der Waals surface area contributed by atoms with Gasteiger partial charge in [0.05, 0.1) is 5.92 Å². The van der Waals surface area contributed by atoms with Gasteiger partial charge in [-0.2, -0.15) is 0 Å². The highest BCUT2D eigenvalue weighted by Crippen LogP contribution is 2.36. The normalized spacial score (nSPS) is 24.0. The van der Waals surface area contributed by atoms with Crippen molar-refractivity contribution in [3.8, 4) is 0 Å². The van der Waals surface area contributed by atoms with Crippen LogP contribution < -0.4 is 0 Å². The molecule has 1 saturated heterocycles. The number of aliphatic carboxylic acids is 1. The van der Waals surface area contributed by atoms with Crippen LogP contribution in [0.25, 0.3) is 0 Å². The Morgan fingerprint density at radius 2 is 2.11 bits per heavy atom. The zero-order valence-corrected chi connectivity index (χ0v) is 12.1. The van der Waals surface area contributed by atoms with E-state index in [9.17, 15) is 9.90 Å². The average Bonchev–Trinajstić information content (AvgIpc) is 2.72. The first kappa shape index (κ1) is 14.4. The monoisotopic (exact) mass is 281 g/mol. The largest absolute Gasteiger partial charge is 0.481 e. The van der Waals surface area contributed by atoms with E-state index >= 15 is 0 Å². The van der Waals surface area contributed by atoms with Gasteiger partial charge in [-0.05, 0) is 17.5 Å². The lowest BCUT2D eigenvalue weighted by atomic mass is 9.89. The van der Waals surface area contributed by atoms with E-state index in [1.807, 2.05) is 24.3 Å². The van der Waals surface area contributed by atoms with E-state index in [-0.39, 0.29) is 11.8 Å². The quantitative estimate of drug-likeness (QED) is 0.922. The maximum absolute atomic E-state index is 11.5. The SMILES string of the molecule is CC(C)CN1C[C@@H](C(=O)O)[C@H](c2ccccc2Cl)C1. The number of carboxylic acids is 1. The second-order valence-corrected chi connectivity index (χ2v) is 6.09. The lowest BCUT2D eigenvalue weighted by Crippen LogP contribution is -2.26. The highest BCUT2D eigenvalue weighted by Gasteiger charge is 2.39. The number of rotatable bonds is 4. The van der Waals surface area contributed by atoms with Gasteiger partial charge >= 0.3 is 5.97 Å². The van der Waals surface area contributed by atoms with Crippen LogP contribution in [0.1, 0.15) is 25.3 Å². The summed E-state index contributed by atoms with van der Waals surface area (Å²) in [7, 11) is 0. The topological polar surface area (TPSA) is 40.5 Å². The van der Waals surface area contributed by atoms with Gasteiger partial charge in [0, 0.05) is 30.6 Å². The van der Waals surface area contributed by atoms with E-state index in [1.165, 1.54) is 0 Å². The van der Waals surface area contributed by atoms with Crippen LogP contribution in [-0.4, -0.2) is 35.6 Å². The molecule has 0 aliphatic carbocycles. The summed E-state index contributed by atoms with van der Waals surface area (Å²) in [6.07, 6.45) is 0. The van der Waals surface area contributed by atoms with Crippen molar-refractivity contribution in [2.75, 3.05) is 19.6 Å². The first-order valence-corrected chi connectivity index (χ1v) is 7.06. The van der Waals surface area contributed by atoms with E-state index in [2.05, 4.69) is 18.7 Å². The van der Waals surface area contributed by atoms with Gasteiger partial charge in [-0.25, -0.2) is 0 Å². The Balaban J connectivity index is 2.22. The van der Waals surface area contributed by atoms with Crippen molar-refractivity contribution >= 4 is 17.6 Å². The number of carboxylic acid groups (broad SMARTS) is 1. The molecule has 1 N–H and O–H groups in total. The number of hydrogen-bond acceptors (Lipinski definition) is 2. The molecule has 104 valence electrons. The molecule has 4 heteroatoms. The lowest BCUT2D eigenvalue weighted by molar-refractivity contribution is -0.141. The number of benzene rings is 1. The van der Waals surface area contributed by atoms with Crippen molar-refractivity contribution < 1.29 is 9.90 Å². The molecule has 0 aromatic heterocycles. The van der Waals surface area contributed by atoms with Crippen LogP contribution in [0.4, 0.5) is 0 Å². The molecule has 2 atom stereocenters. The fraction of sp³-hybridized carbons (Fsp3) is 0.533. The zero-order valence-electron chi connectivity index (χ0n) is 11.3. The zero-order chi connectivity index (χ0) is 14.0. The molecule has 1 heterocycles. The molecule has 1 fully saturated rings. The first-order chi connectivity index (χ1) is 8.99. The Hall–Kier alpha value is -1.06. The summed E-state index contributed by atoms with van der Waals surface area (Å²) in [6, 6.07) is 7.58. The van der Waals surface area contributed by atoms with Gasteiger partial charge in [0.15, 0.2) is 0 Å². The van der Waals surface area contributed by atoms with Gasteiger partial charge in [0.1, 0.15) is 0 Å². The smallest absolute Gasteiger partial charge is 0.308 e. The minimum absolute atomic E-state index is 0.00931. The Labute approximate surface area is 119 Å². The van der Waals surface area contributed by atoms with Gasteiger partial charge in [-0.1, -0.05) is 43.6 Å². The Morgan fingerprint density at radius 1 is 1.42 bits per heavy atom. The predicted molar refractivity (Wildman–Crippen MR) is 76.6 cm³/mol. The number of nitrogens with zero attached hydrogens (tertiary/aromatic N) is 1. The van der Waals surface area contributed by atoms with Crippen molar-refractivity contribution in [3.63, 3.8) is 0 Å². The van der Waals surface area contributed by atoms with Crippen LogP contribution in [0.15, 0.2) is 24.3 Å². The summed E-state index contributed by atoms with van der Waals surface area (Å²) in [6.45, 7) is 6.63. The third-order valence-corrected chi connectivity index (χ3v) is 3.98. The summed E-state index contributed by atoms with van der Waals surface area (Å²) >= 11 is 6.22. The van der Waals surface area contributed by atoms with E-state index in [0.29, 0.717) is 17.5 Å². The molecule has 0 bridgehead atoms. The maximum Gasteiger partial charge on any atom is 0.308 e. The standard InChI is InChI=1S/C15H20ClNO2/c1-10(2)7-17-8-12(13(9-17)15(18)19)11-5-3-4-6-14(11)16/h3-6,10,12-13H,7-9H2,1-2H3,(H,18,19)/t12-,13+/m0/s1. The summed E-state index contributed by atoms with van der Waals surface area (Å²) in [4.78, 5) is 13.7. The highest BCUT2D eigenvalue weighted by atomic mass is 35.5. The van der Waals surface area contributed by atoms with E-state index in [1.54, 1.807) is 0 Å². The van der Waals surface area contributed by atoms with Crippen molar-refractivity contribution in [3.05, 3.63) is 34.9 Å². The number of hydrogen-bond donors (Lipinski definition) is 1. The minimum atomic E-state index is -0.726. The van der Waals surface area contributed by atoms with Gasteiger partial charge in [0.25, 0.3) is 0 Å². The fourth-order valence-corrected chi connectivity index (χ4v) is 3.17. The van der Waals surface area contributed by atoms with E-state index in [0.717, 1.165) is 18.7 Å². The van der Waals surface area contributed by atoms with Gasteiger partial charge < -0.3 is 10.0 Å². The molecule has 0 spiro atoms. The summed E-state index contributed by atoms with van der Waals surface area (Å²) in [5.74, 6) is -0.556. The van der Waals surface area contributed by atoms with Gasteiger partial charge in [-0.15, -0.1) is 0 Å². The van der Waals surface area contributed by atoms with Crippen LogP contribution in [0.3, 0.4) is 0 Å². The molecule has 1 aliphatic rings. The van der Waals surface area contributed by atoms with E-state index < -0.39 is 5.97 Å². The predicted octanol–water partition coefficient (Wildman–Crippen LogP) is 3.10. The summed E-state index contributed by atoms with van der Waals surface area (Å²) < 4.78 is 0. The van der Waals surface area contributed by atoms with Crippen LogP contribution >= 0.6 is 11.6 Å². The molecular weight excluding hydrogens is 262 g/mol. The van der Waals surface area contributed by atoms with Crippen molar-refractivity contribution in [1.82, 2.24) is 4.90 Å². The maximum atomic E-state index is 11.5. The lowest BCUT2D eigenvalue weighted by Gasteiger charge is -2.18. The van der Waals surface area contributed by atoms with Crippen molar-refractivity contribution in [2.45, 2.75) is 19.8 Å². The second-order valence-electron chi connectivity index (χ2n) is 5.69. The molecular formula is C15H20ClNO2. The second kappa shape index (κ2) is 5.93. The Kier molecular flexibility index (Phi) is 4.48. The molecule has 0 amide bonds. The molecule has 0 saturated carbocycles. The van der Waals surface area contributed by atoms with Gasteiger partial charge in [0.2, 0.25) is 0 Å². The van der Waals surface area contributed by atoms with Crippen LogP contribution in [0, 0.1) is 11.8 Å². The summed E-state index contributed by atoms with van der Waals surface area (Å²) in [5, 5.41) is 10.1. The third-order valence-electron chi connectivity index (χ3n) is 3.64. The molecule has 0 radical (unpaired) electrons. The minimum Gasteiger partial charge on any atom is -0.481 e. The highest BCUT2D eigenvalue weighted by molar-refractivity contribution is 6.31. The van der Waals surface area contributed by atoms with Crippen LogP contribution in [0.2, 0.25) is 5.02 Å². The summed E-state index contributed by atoms with van der Waals surface area (Å²) in [5.41, 5.74) is 0.961. The molecule has 1 aliphatic heterocycles. The van der Waals surface area contributed by atoms with Crippen LogP contribution in [0.5, 0.6) is 0 Å². The molecule has 1 aromatic rings. The number of carbonyl (C=O) groups is 1. The Bertz CT molecular complexity index is 461. The molecule has 0 unspecified atom stereocenters. The average molecular weight is 282 g/mol. The molecule has 3 nitrogen and oxygen atoms in total.